The average Bonchev–Trinajstić information content (AvgIpc) is 2.96. The molecular formula is C16H24N2O2S. The summed E-state index contributed by atoms with van der Waals surface area (Å²) in [6, 6.07) is 6.60. The van der Waals surface area contributed by atoms with Crippen LogP contribution in [0.2, 0.25) is 0 Å². The molecule has 2 aliphatic rings. The Hall–Kier alpha value is -0.620. The first-order valence-corrected chi connectivity index (χ1v) is 8.78. The molecular weight excluding hydrogens is 284 g/mol. The van der Waals surface area contributed by atoms with E-state index < -0.39 is 0 Å². The normalized spacial score (nSPS) is 28.0. The van der Waals surface area contributed by atoms with Crippen LogP contribution in [0, 0.1) is 0 Å². The molecule has 5 heteroatoms. The van der Waals surface area contributed by atoms with Crippen LogP contribution in [0.5, 0.6) is 0 Å². The Morgan fingerprint density at radius 3 is 2.95 bits per heavy atom. The van der Waals surface area contributed by atoms with Crippen LogP contribution in [-0.4, -0.2) is 41.8 Å². The van der Waals surface area contributed by atoms with Crippen molar-refractivity contribution < 1.29 is 9.47 Å². The van der Waals surface area contributed by atoms with Crippen LogP contribution in [-0.2, 0) is 9.47 Å². The summed E-state index contributed by atoms with van der Waals surface area (Å²) in [5, 5.41) is 5.22. The predicted molar refractivity (Wildman–Crippen MR) is 84.4 cm³/mol. The number of thioether (sulfide) groups is 1. The van der Waals surface area contributed by atoms with Crippen LogP contribution in [0.4, 0.5) is 0 Å². The number of hydrogen-bond donors (Lipinski definition) is 1. The van der Waals surface area contributed by atoms with E-state index in [9.17, 15) is 0 Å². The third kappa shape index (κ3) is 3.77. The lowest BCUT2D eigenvalue weighted by atomic mass is 9.89. The van der Waals surface area contributed by atoms with E-state index in [1.54, 1.807) is 0 Å². The summed E-state index contributed by atoms with van der Waals surface area (Å²) in [4.78, 5) is 4.46. The standard InChI is InChI=1S/C16H24N2O2S/c1-2-8-17-13-6-7-16(19-10-11-20-16)12-14(13)21-15-5-3-4-9-18-15/h3-5,9,13-14,17H,2,6-8,10-12H2,1H3. The van der Waals surface area contributed by atoms with Crippen molar-refractivity contribution in [3.63, 3.8) is 0 Å². The zero-order chi connectivity index (χ0) is 14.5. The van der Waals surface area contributed by atoms with Crippen LogP contribution in [0.3, 0.4) is 0 Å². The highest BCUT2D eigenvalue weighted by Crippen LogP contribution is 2.42. The highest BCUT2D eigenvalue weighted by Gasteiger charge is 2.45. The first kappa shape index (κ1) is 15.3. The molecule has 0 amide bonds. The Morgan fingerprint density at radius 1 is 1.38 bits per heavy atom. The Balaban J connectivity index is 1.69. The van der Waals surface area contributed by atoms with Gasteiger partial charge in [-0.05, 0) is 31.5 Å². The fraction of sp³-hybridized carbons (Fsp3) is 0.688. The molecule has 2 heterocycles. The molecule has 0 radical (unpaired) electrons. The van der Waals surface area contributed by atoms with Gasteiger partial charge in [-0.3, -0.25) is 0 Å². The summed E-state index contributed by atoms with van der Waals surface area (Å²) >= 11 is 1.85. The molecule has 4 nitrogen and oxygen atoms in total. The zero-order valence-electron chi connectivity index (χ0n) is 12.6. The minimum atomic E-state index is -0.336. The summed E-state index contributed by atoms with van der Waals surface area (Å²) in [6.45, 7) is 4.74. The second-order valence-electron chi connectivity index (χ2n) is 5.74. The van der Waals surface area contributed by atoms with Crippen molar-refractivity contribution in [1.82, 2.24) is 10.3 Å². The highest BCUT2D eigenvalue weighted by atomic mass is 32.2. The molecule has 1 saturated heterocycles. The van der Waals surface area contributed by atoms with Crippen LogP contribution < -0.4 is 5.32 Å². The average molecular weight is 308 g/mol. The molecule has 2 fully saturated rings. The van der Waals surface area contributed by atoms with Crippen molar-refractivity contribution in [3.8, 4) is 0 Å². The van der Waals surface area contributed by atoms with Gasteiger partial charge >= 0.3 is 0 Å². The maximum atomic E-state index is 5.92. The molecule has 1 spiro atoms. The molecule has 1 aliphatic heterocycles. The van der Waals surface area contributed by atoms with E-state index in [1.165, 1.54) is 0 Å². The predicted octanol–water partition coefficient (Wildman–Crippen LogP) is 2.84. The summed E-state index contributed by atoms with van der Waals surface area (Å²) in [5.41, 5.74) is 0. The van der Waals surface area contributed by atoms with E-state index in [2.05, 4.69) is 23.3 Å². The van der Waals surface area contributed by atoms with Gasteiger partial charge in [0.15, 0.2) is 5.79 Å². The van der Waals surface area contributed by atoms with Crippen molar-refractivity contribution in [1.29, 1.82) is 0 Å². The fourth-order valence-electron chi connectivity index (χ4n) is 3.13. The first-order chi connectivity index (χ1) is 10.3. The molecule has 1 saturated carbocycles. The van der Waals surface area contributed by atoms with E-state index >= 15 is 0 Å². The van der Waals surface area contributed by atoms with E-state index in [4.69, 9.17) is 9.47 Å². The topological polar surface area (TPSA) is 43.4 Å². The fourth-order valence-corrected chi connectivity index (χ4v) is 4.45. The minimum absolute atomic E-state index is 0.336. The van der Waals surface area contributed by atoms with Gasteiger partial charge < -0.3 is 14.8 Å². The number of rotatable bonds is 5. The van der Waals surface area contributed by atoms with Crippen molar-refractivity contribution in [3.05, 3.63) is 24.4 Å². The van der Waals surface area contributed by atoms with Crippen molar-refractivity contribution in [2.24, 2.45) is 0 Å². The SMILES string of the molecule is CCCNC1CCC2(CC1Sc1ccccn1)OCCO2. The smallest absolute Gasteiger partial charge is 0.169 e. The number of nitrogens with one attached hydrogen (secondary N) is 1. The highest BCUT2D eigenvalue weighted by molar-refractivity contribution is 7.99. The van der Waals surface area contributed by atoms with Gasteiger partial charge in [-0.15, -0.1) is 11.8 Å². The third-order valence-corrected chi connectivity index (χ3v) is 5.46. The van der Waals surface area contributed by atoms with E-state index in [1.807, 2.05) is 30.1 Å². The Kier molecular flexibility index (Phi) is 5.16. The second kappa shape index (κ2) is 7.09. The molecule has 21 heavy (non-hydrogen) atoms. The molecule has 0 bridgehead atoms. The van der Waals surface area contributed by atoms with Crippen molar-refractivity contribution in [2.75, 3.05) is 19.8 Å². The summed E-state index contributed by atoms with van der Waals surface area (Å²) < 4.78 is 11.8. The van der Waals surface area contributed by atoms with Gasteiger partial charge in [-0.1, -0.05) is 13.0 Å². The third-order valence-electron chi connectivity index (χ3n) is 4.18. The number of hydrogen-bond acceptors (Lipinski definition) is 5. The van der Waals surface area contributed by atoms with Gasteiger partial charge in [0, 0.05) is 30.3 Å². The molecule has 116 valence electrons. The summed E-state index contributed by atoms with van der Waals surface area (Å²) in [5.74, 6) is -0.336. The molecule has 1 N–H and O–H groups in total. The number of nitrogens with zero attached hydrogens (tertiary/aromatic N) is 1. The van der Waals surface area contributed by atoms with Crippen LogP contribution in [0.15, 0.2) is 29.4 Å². The first-order valence-electron chi connectivity index (χ1n) is 7.90. The van der Waals surface area contributed by atoms with E-state index in [0.717, 1.165) is 50.5 Å². The Bertz CT molecular complexity index is 437. The lowest BCUT2D eigenvalue weighted by molar-refractivity contribution is -0.178. The van der Waals surface area contributed by atoms with E-state index in [-0.39, 0.29) is 5.79 Å². The van der Waals surface area contributed by atoms with Crippen LogP contribution in [0.25, 0.3) is 0 Å². The molecule has 3 rings (SSSR count). The molecule has 1 aromatic rings. The van der Waals surface area contributed by atoms with Gasteiger partial charge in [0.05, 0.1) is 18.2 Å². The zero-order valence-corrected chi connectivity index (χ0v) is 13.4. The number of aromatic nitrogens is 1. The van der Waals surface area contributed by atoms with Gasteiger partial charge in [0.25, 0.3) is 0 Å². The van der Waals surface area contributed by atoms with Gasteiger partial charge in [-0.25, -0.2) is 4.98 Å². The maximum absolute atomic E-state index is 5.92. The minimum Gasteiger partial charge on any atom is -0.347 e. The monoisotopic (exact) mass is 308 g/mol. The Labute approximate surface area is 131 Å². The molecule has 1 aliphatic carbocycles. The molecule has 2 atom stereocenters. The second-order valence-corrected chi connectivity index (χ2v) is 6.99. The Morgan fingerprint density at radius 2 is 2.24 bits per heavy atom. The van der Waals surface area contributed by atoms with Crippen LogP contribution >= 0.6 is 11.8 Å². The van der Waals surface area contributed by atoms with Gasteiger partial charge in [0.2, 0.25) is 0 Å². The summed E-state index contributed by atoms with van der Waals surface area (Å²) in [7, 11) is 0. The van der Waals surface area contributed by atoms with Gasteiger partial charge in [0.1, 0.15) is 0 Å². The molecule has 0 aromatic carbocycles. The number of pyridine rings is 1. The largest absolute Gasteiger partial charge is 0.347 e. The van der Waals surface area contributed by atoms with Crippen molar-refractivity contribution >= 4 is 11.8 Å². The lowest BCUT2D eigenvalue weighted by Gasteiger charge is -2.41. The van der Waals surface area contributed by atoms with E-state index in [0.29, 0.717) is 11.3 Å². The number of ether oxygens (including phenoxy) is 2. The lowest BCUT2D eigenvalue weighted by Crippen LogP contribution is -2.49. The van der Waals surface area contributed by atoms with Crippen LogP contribution in [0.1, 0.15) is 32.6 Å². The van der Waals surface area contributed by atoms with Gasteiger partial charge in [-0.2, -0.15) is 0 Å². The summed E-state index contributed by atoms with van der Waals surface area (Å²) in [6.07, 6.45) is 6.06. The van der Waals surface area contributed by atoms with Crippen molar-refractivity contribution in [2.45, 2.75) is 54.7 Å². The maximum Gasteiger partial charge on any atom is 0.169 e. The molecule has 2 unspecified atom stereocenters. The quantitative estimate of drug-likeness (QED) is 0.906. The molecule has 1 aromatic heterocycles.